The molecule has 6 heteroatoms. The first-order valence-corrected chi connectivity index (χ1v) is 2.94. The summed E-state index contributed by atoms with van der Waals surface area (Å²) in [4.78, 5) is 0. The van der Waals surface area contributed by atoms with Crippen LogP contribution in [-0.2, 0) is 35.7 Å². The average molecular weight is 262 g/mol. The van der Waals surface area contributed by atoms with Crippen LogP contribution in [0.25, 0.3) is 0 Å². The molecule has 0 bridgehead atoms. The third-order valence-electron chi connectivity index (χ3n) is 0. The molecule has 0 saturated carbocycles. The van der Waals surface area contributed by atoms with E-state index in [9.17, 15) is 0 Å². The molecule has 0 unspecified atom stereocenters. The molecule has 0 aromatic carbocycles. The molecule has 0 aliphatic carbocycles. The van der Waals surface area contributed by atoms with Gasteiger partial charge in [-0.15, -0.1) is 0 Å². The summed E-state index contributed by atoms with van der Waals surface area (Å²) in [7, 11) is 0. The van der Waals surface area contributed by atoms with Gasteiger partial charge >= 0.3 is 67.0 Å². The summed E-state index contributed by atoms with van der Waals surface area (Å²) < 4.78 is 30.0. The van der Waals surface area contributed by atoms with E-state index in [4.69, 9.17) is 18.6 Å². The molecule has 0 aromatic heterocycles. The van der Waals surface area contributed by atoms with Gasteiger partial charge in [0.2, 0.25) is 0 Å². The Kier molecular flexibility index (Phi) is 3000000000. The molecule has 0 rings (SSSR count). The van der Waals surface area contributed by atoms with E-state index in [2.05, 4.69) is 42.6 Å². The molecule has 0 aliphatic rings. The summed E-state index contributed by atoms with van der Waals surface area (Å²) in [6.45, 7) is 18.0. The van der Waals surface area contributed by atoms with E-state index in [1.165, 1.54) is 0 Å². The van der Waals surface area contributed by atoms with Crippen molar-refractivity contribution < 1.29 is 35.7 Å². The van der Waals surface area contributed by atoms with Gasteiger partial charge < -0.3 is 0 Å². The molecule has 0 aliphatic heterocycles. The molecule has 0 N–H and O–H groups in total. The largest absolute Gasteiger partial charge is 0 e. The van der Waals surface area contributed by atoms with Crippen LogP contribution in [0.1, 0.15) is 0 Å². The molecule has 1 radical (unpaired) electrons. The topological polar surface area (TPSA) is 79.6 Å². The van der Waals surface area contributed by atoms with Crippen molar-refractivity contribution in [3.63, 3.8) is 0 Å². The summed E-state index contributed by atoms with van der Waals surface area (Å²) in [5.74, 6) is 1.88. The molecule has 0 aromatic rings. The fraction of sp³-hybridized carbons (Fsp3) is 0.200. The third kappa shape index (κ3) is 593000000. The maximum absolute atomic E-state index is 7.50. The number of hydrogen-bond acceptors (Lipinski definition) is 0. The molecule has 0 saturated heterocycles. The van der Waals surface area contributed by atoms with Crippen LogP contribution >= 0.6 is 0 Å². The second kappa shape index (κ2) is 750000000. The molecule has 0 amide bonds. The Labute approximate surface area is 84.3 Å². The monoisotopic (exact) mass is 263 g/mol. The maximum atomic E-state index is 7.50. The molecule has 0 heterocycles. The summed E-state index contributed by atoms with van der Waals surface area (Å²) in [5, 5.41) is 0. The van der Waals surface area contributed by atoms with E-state index in [0.717, 1.165) is 0 Å². The van der Waals surface area contributed by atoms with E-state index in [1.807, 2.05) is 5.82 Å². The minimum Gasteiger partial charge on any atom is 0 e. The van der Waals surface area contributed by atoms with E-state index in [1.54, 1.807) is 0 Å². The number of hydrogen-bond donors (Lipinski definition) is 0. The second-order valence-corrected chi connectivity index (χ2v) is 0. The van der Waals surface area contributed by atoms with E-state index >= 15 is 0 Å². The van der Waals surface area contributed by atoms with E-state index in [-0.39, 0.29) is 17.1 Å². The van der Waals surface area contributed by atoms with Gasteiger partial charge in [-0.1, -0.05) is 0 Å². The van der Waals surface area contributed by atoms with Crippen molar-refractivity contribution in [3.05, 3.63) is 26.6 Å². The standard InChI is InChI=1S/4CO.CH3Se.Fe/c5*1-2;/h;;;;1H3;. The fourth-order valence-electron chi connectivity index (χ4n) is 0. The Morgan fingerprint density at radius 3 is 0.636 bits per heavy atom. The van der Waals surface area contributed by atoms with E-state index in [0.29, 0.717) is 0 Å². The summed E-state index contributed by atoms with van der Waals surface area (Å²) >= 11 is 2.62. The molecule has 4 nitrogen and oxygen atoms in total. The molecular weight excluding hydrogens is 259 g/mol. The smallest absolute Gasteiger partial charge is 0 e. The molecule has 11 heavy (non-hydrogen) atoms. The van der Waals surface area contributed by atoms with Gasteiger partial charge in [0.15, 0.2) is 0 Å². The molecule has 0 atom stereocenters. The van der Waals surface area contributed by atoms with Gasteiger partial charge in [0, 0.05) is 17.1 Å². The van der Waals surface area contributed by atoms with Crippen LogP contribution in [0.15, 0.2) is 0 Å². The van der Waals surface area contributed by atoms with Gasteiger partial charge in [0.25, 0.3) is 0 Å². The quantitative estimate of drug-likeness (QED) is 0.336. The normalized spacial score (nSPS) is 1.27. The predicted octanol–water partition coefficient (Wildman–Crippen LogP) is 0.0505. The van der Waals surface area contributed by atoms with Gasteiger partial charge in [0.05, 0.1) is 0 Å². The van der Waals surface area contributed by atoms with Crippen molar-refractivity contribution in [2.24, 2.45) is 0 Å². The zero-order chi connectivity index (χ0) is 10.0. The first kappa shape index (κ1) is 44.0. The Bertz CT molecular complexity index is 61.5. The van der Waals surface area contributed by atoms with Gasteiger partial charge in [-0.2, -0.15) is 0 Å². The van der Waals surface area contributed by atoms with Crippen LogP contribution in [0.4, 0.5) is 0 Å². The predicted molar refractivity (Wildman–Crippen MR) is 27.3 cm³/mol. The van der Waals surface area contributed by atoms with Gasteiger partial charge in [-0.25, -0.2) is 0 Å². The van der Waals surface area contributed by atoms with Crippen LogP contribution in [0.5, 0.6) is 0 Å². The molecule has 0 fully saturated rings. The molecular formula is C5H3FeO4Se. The van der Waals surface area contributed by atoms with Crippen molar-refractivity contribution in [1.29, 1.82) is 0 Å². The van der Waals surface area contributed by atoms with Crippen molar-refractivity contribution >= 4 is 16.0 Å². The van der Waals surface area contributed by atoms with Crippen molar-refractivity contribution in [1.82, 2.24) is 0 Å². The van der Waals surface area contributed by atoms with Crippen molar-refractivity contribution in [2.75, 3.05) is 0 Å². The van der Waals surface area contributed by atoms with Gasteiger partial charge in [-0.3, -0.25) is 0 Å². The minimum absolute atomic E-state index is 0. The summed E-state index contributed by atoms with van der Waals surface area (Å²) in [6, 6.07) is 0. The SMILES string of the molecule is C[Se].[C-]#[O+].[C-]#[O+].[C-]#[O+].[C-]#[O+].[Fe]. The van der Waals surface area contributed by atoms with Crippen LogP contribution in [0, 0.1) is 26.6 Å². The Hall–Kier alpha value is -0.00104. The van der Waals surface area contributed by atoms with Crippen LogP contribution in [0.3, 0.4) is 0 Å². The second-order valence-electron chi connectivity index (χ2n) is 0. The maximum Gasteiger partial charge on any atom is 0 e. The average Bonchev–Trinajstić information content (AvgIpc) is 2.20. The fourth-order valence-corrected chi connectivity index (χ4v) is 0. The zero-order valence-corrected chi connectivity index (χ0v) is 8.21. The molecule has 0 spiro atoms. The van der Waals surface area contributed by atoms with Crippen molar-refractivity contribution in [3.8, 4) is 0 Å². The Morgan fingerprint density at radius 2 is 0.636 bits per heavy atom. The molecule has 61 valence electrons. The van der Waals surface area contributed by atoms with E-state index < -0.39 is 0 Å². The van der Waals surface area contributed by atoms with Crippen LogP contribution < -0.4 is 0 Å². The minimum atomic E-state index is 0. The summed E-state index contributed by atoms with van der Waals surface area (Å²) in [5.41, 5.74) is 0. The first-order valence-electron chi connectivity index (χ1n) is 1.22. The Morgan fingerprint density at radius 1 is 0.636 bits per heavy atom. The van der Waals surface area contributed by atoms with Crippen LogP contribution in [0.2, 0.25) is 5.82 Å². The first-order chi connectivity index (χ1) is 5.00. The number of rotatable bonds is 0. The van der Waals surface area contributed by atoms with Crippen LogP contribution in [-0.4, -0.2) is 16.0 Å². The zero-order valence-electron chi connectivity index (χ0n) is 5.39. The van der Waals surface area contributed by atoms with Crippen molar-refractivity contribution in [2.45, 2.75) is 5.82 Å². The third-order valence-corrected chi connectivity index (χ3v) is 0. The Balaban J connectivity index is -0.00000000694. The van der Waals surface area contributed by atoms with Gasteiger partial charge in [-0.05, 0) is 0 Å². The summed E-state index contributed by atoms with van der Waals surface area (Å²) in [6.07, 6.45) is 0. The van der Waals surface area contributed by atoms with Gasteiger partial charge in [0.1, 0.15) is 0 Å².